The molecule has 112 valence electrons. The van der Waals surface area contributed by atoms with Crippen molar-refractivity contribution >= 4 is 28.8 Å². The van der Waals surface area contributed by atoms with Crippen LogP contribution in [0.4, 0.5) is 0 Å². The third-order valence-electron chi connectivity index (χ3n) is 2.85. The lowest BCUT2D eigenvalue weighted by Crippen LogP contribution is -2.26. The van der Waals surface area contributed by atoms with E-state index in [1.54, 1.807) is 11.3 Å². The highest BCUT2D eigenvalue weighted by molar-refractivity contribution is 7.09. The second-order valence-corrected chi connectivity index (χ2v) is 6.20. The molecule has 2 rings (SSSR count). The molecule has 0 bridgehead atoms. The molecule has 2 N–H and O–H groups in total. The van der Waals surface area contributed by atoms with Crippen LogP contribution in [-0.2, 0) is 6.42 Å². The van der Waals surface area contributed by atoms with Gasteiger partial charge in [-0.3, -0.25) is 9.59 Å². The van der Waals surface area contributed by atoms with E-state index in [4.69, 9.17) is 11.6 Å². The maximum absolute atomic E-state index is 11.9. The van der Waals surface area contributed by atoms with Crippen LogP contribution in [0, 0.1) is 0 Å². The van der Waals surface area contributed by atoms with Gasteiger partial charge in [-0.05, 0) is 6.07 Å². The first-order valence-electron chi connectivity index (χ1n) is 6.58. The minimum Gasteiger partial charge on any atom is -0.352 e. The van der Waals surface area contributed by atoms with Crippen molar-refractivity contribution in [3.8, 4) is 0 Å². The molecule has 0 spiro atoms. The van der Waals surface area contributed by atoms with Crippen LogP contribution in [0.5, 0.6) is 0 Å². The van der Waals surface area contributed by atoms with E-state index in [1.807, 2.05) is 5.38 Å². The number of aromatic amines is 1. The number of hydrogen-bond acceptors (Lipinski definition) is 4. The second-order valence-electron chi connectivity index (χ2n) is 4.90. The summed E-state index contributed by atoms with van der Waals surface area (Å²) in [6.45, 7) is 4.69. The van der Waals surface area contributed by atoms with E-state index in [-0.39, 0.29) is 10.9 Å². The summed E-state index contributed by atoms with van der Waals surface area (Å²) in [5, 5.41) is 5.89. The average molecular weight is 326 g/mol. The molecule has 0 radical (unpaired) electrons. The van der Waals surface area contributed by atoms with Crippen LogP contribution in [-0.4, -0.2) is 22.4 Å². The molecule has 2 aromatic heterocycles. The maximum Gasteiger partial charge on any atom is 0.266 e. The predicted octanol–water partition coefficient (Wildman–Crippen LogP) is 2.58. The van der Waals surface area contributed by atoms with Gasteiger partial charge < -0.3 is 10.3 Å². The van der Waals surface area contributed by atoms with Gasteiger partial charge in [0.15, 0.2) is 0 Å². The Morgan fingerprint density at radius 2 is 2.29 bits per heavy atom. The summed E-state index contributed by atoms with van der Waals surface area (Å²) < 4.78 is 0. The first-order valence-corrected chi connectivity index (χ1v) is 7.84. The number of hydrogen-bond donors (Lipinski definition) is 2. The zero-order valence-electron chi connectivity index (χ0n) is 11.8. The van der Waals surface area contributed by atoms with E-state index in [9.17, 15) is 9.59 Å². The van der Waals surface area contributed by atoms with Crippen LogP contribution in [0.1, 0.15) is 40.8 Å². The highest BCUT2D eigenvalue weighted by Crippen LogP contribution is 2.19. The molecule has 0 aliphatic carbocycles. The fourth-order valence-electron chi connectivity index (χ4n) is 1.70. The van der Waals surface area contributed by atoms with Gasteiger partial charge >= 0.3 is 0 Å². The zero-order valence-corrected chi connectivity index (χ0v) is 13.3. The fraction of sp³-hybridized carbons (Fsp3) is 0.357. The normalized spacial score (nSPS) is 10.9. The summed E-state index contributed by atoms with van der Waals surface area (Å²) in [6, 6.07) is 1.36. The molecular weight excluding hydrogens is 310 g/mol. The quantitative estimate of drug-likeness (QED) is 0.887. The molecule has 0 aromatic carbocycles. The Labute approximate surface area is 131 Å². The van der Waals surface area contributed by atoms with Crippen molar-refractivity contribution in [3.05, 3.63) is 49.3 Å². The zero-order chi connectivity index (χ0) is 15.4. The minimum absolute atomic E-state index is 0.00345. The smallest absolute Gasteiger partial charge is 0.266 e. The average Bonchev–Trinajstić information content (AvgIpc) is 2.91. The van der Waals surface area contributed by atoms with Gasteiger partial charge in [-0.15, -0.1) is 11.3 Å². The monoisotopic (exact) mass is 325 g/mol. The molecule has 0 unspecified atom stereocenters. The fourth-order valence-corrected chi connectivity index (χ4v) is 2.74. The highest BCUT2D eigenvalue weighted by atomic mass is 35.5. The summed E-state index contributed by atoms with van der Waals surface area (Å²) in [7, 11) is 0. The van der Waals surface area contributed by atoms with Crippen molar-refractivity contribution < 1.29 is 4.79 Å². The van der Waals surface area contributed by atoms with Crippen LogP contribution in [0.15, 0.2) is 22.4 Å². The largest absolute Gasteiger partial charge is 0.352 e. The predicted molar refractivity (Wildman–Crippen MR) is 84.3 cm³/mol. The summed E-state index contributed by atoms with van der Waals surface area (Å²) in [4.78, 5) is 29.9. The van der Waals surface area contributed by atoms with Gasteiger partial charge in [-0.25, -0.2) is 4.98 Å². The van der Waals surface area contributed by atoms with Gasteiger partial charge in [0.1, 0.15) is 5.02 Å². The third-order valence-corrected chi connectivity index (χ3v) is 4.33. The van der Waals surface area contributed by atoms with Crippen molar-refractivity contribution in [1.29, 1.82) is 0 Å². The molecule has 0 atom stereocenters. The number of halogens is 1. The molecule has 7 heteroatoms. The van der Waals surface area contributed by atoms with Gasteiger partial charge in [0.25, 0.3) is 11.5 Å². The summed E-state index contributed by atoms with van der Waals surface area (Å²) in [6.07, 6.45) is 2.02. The summed E-state index contributed by atoms with van der Waals surface area (Å²) in [5.74, 6) is 0.147. The number of carbonyl (C=O) groups is 1. The van der Waals surface area contributed by atoms with Crippen LogP contribution in [0.3, 0.4) is 0 Å². The van der Waals surface area contributed by atoms with E-state index in [0.29, 0.717) is 24.4 Å². The lowest BCUT2D eigenvalue weighted by Gasteiger charge is -2.04. The molecule has 0 aliphatic heterocycles. The molecular formula is C14H16ClN3O2S. The number of rotatable bonds is 5. The number of pyridine rings is 1. The topological polar surface area (TPSA) is 74.8 Å². The molecule has 2 aromatic rings. The molecule has 0 aliphatic rings. The van der Waals surface area contributed by atoms with Gasteiger partial charge in [0, 0.05) is 30.5 Å². The highest BCUT2D eigenvalue weighted by Gasteiger charge is 2.09. The van der Waals surface area contributed by atoms with Crippen LogP contribution < -0.4 is 10.9 Å². The van der Waals surface area contributed by atoms with Gasteiger partial charge in [-0.2, -0.15) is 0 Å². The lowest BCUT2D eigenvalue weighted by atomic mass is 10.2. The molecule has 0 saturated carbocycles. The number of nitrogens with one attached hydrogen (secondary N) is 2. The van der Waals surface area contributed by atoms with Gasteiger partial charge in [-0.1, -0.05) is 25.4 Å². The van der Waals surface area contributed by atoms with Crippen molar-refractivity contribution in [2.24, 2.45) is 0 Å². The summed E-state index contributed by atoms with van der Waals surface area (Å²) >= 11 is 7.32. The van der Waals surface area contributed by atoms with E-state index < -0.39 is 5.56 Å². The first-order chi connectivity index (χ1) is 9.97. The van der Waals surface area contributed by atoms with E-state index in [0.717, 1.165) is 10.7 Å². The minimum atomic E-state index is -0.406. The third kappa shape index (κ3) is 4.15. The summed E-state index contributed by atoms with van der Waals surface area (Å²) in [5.41, 5.74) is 0.904. The van der Waals surface area contributed by atoms with Crippen LogP contribution in [0.2, 0.25) is 5.02 Å². The number of aromatic nitrogens is 2. The first kappa shape index (κ1) is 15.7. The Morgan fingerprint density at radius 3 is 2.90 bits per heavy atom. The van der Waals surface area contributed by atoms with Crippen molar-refractivity contribution in [2.75, 3.05) is 6.54 Å². The molecule has 2 heterocycles. The molecule has 0 saturated heterocycles. The Hall–Kier alpha value is -1.66. The van der Waals surface area contributed by atoms with Gasteiger partial charge in [0.05, 0.1) is 16.3 Å². The number of carbonyl (C=O) groups excluding carboxylic acids is 1. The Kier molecular flexibility index (Phi) is 5.14. The van der Waals surface area contributed by atoms with Crippen LogP contribution >= 0.6 is 22.9 Å². The van der Waals surface area contributed by atoms with E-state index in [2.05, 4.69) is 29.1 Å². The number of H-pyrrole nitrogens is 1. The Bertz CT molecular complexity index is 694. The molecule has 21 heavy (non-hydrogen) atoms. The van der Waals surface area contributed by atoms with Crippen molar-refractivity contribution in [2.45, 2.75) is 26.2 Å². The Balaban J connectivity index is 1.88. The Morgan fingerprint density at radius 1 is 1.52 bits per heavy atom. The molecule has 1 amide bonds. The standard InChI is InChI=1S/C14H16ClN3O2S/c1-8(2)14-18-10(7-21-14)3-4-16-12(19)9-5-11(15)13(20)17-6-9/h5-8H,3-4H2,1-2H3,(H,16,19)(H,17,20). The van der Waals surface area contributed by atoms with Crippen molar-refractivity contribution in [1.82, 2.24) is 15.3 Å². The van der Waals surface area contributed by atoms with E-state index >= 15 is 0 Å². The number of nitrogens with zero attached hydrogens (tertiary/aromatic N) is 1. The van der Waals surface area contributed by atoms with E-state index in [1.165, 1.54) is 12.3 Å². The second kappa shape index (κ2) is 6.87. The molecule has 5 nitrogen and oxygen atoms in total. The molecule has 0 fully saturated rings. The number of thiazole rings is 1. The SMILES string of the molecule is CC(C)c1nc(CCNC(=O)c2c[nH]c(=O)c(Cl)c2)cs1. The van der Waals surface area contributed by atoms with Crippen molar-refractivity contribution in [3.63, 3.8) is 0 Å². The van der Waals surface area contributed by atoms with Gasteiger partial charge in [0.2, 0.25) is 0 Å². The van der Waals surface area contributed by atoms with Crippen LogP contribution in [0.25, 0.3) is 0 Å². The lowest BCUT2D eigenvalue weighted by molar-refractivity contribution is 0.0953. The number of amides is 1. The maximum atomic E-state index is 11.9.